The molecule has 0 aliphatic carbocycles. The van der Waals surface area contributed by atoms with Crippen molar-refractivity contribution in [2.75, 3.05) is 13.1 Å². The Labute approximate surface area is 197 Å². The molecular formula is C22H24F5N5O3. The molecule has 190 valence electrons. The zero-order chi connectivity index (χ0) is 25.7. The van der Waals surface area contributed by atoms with Gasteiger partial charge in [0.25, 0.3) is 5.95 Å². The van der Waals surface area contributed by atoms with Gasteiger partial charge in [0.05, 0.1) is 11.1 Å². The predicted molar refractivity (Wildman–Crippen MR) is 113 cm³/mol. The van der Waals surface area contributed by atoms with Crippen molar-refractivity contribution in [2.24, 2.45) is 0 Å². The number of rotatable bonds is 5. The fraction of sp³-hybridized carbons (Fsp3) is 0.545. The van der Waals surface area contributed by atoms with E-state index < -0.39 is 41.0 Å². The fourth-order valence-corrected chi connectivity index (χ4v) is 4.17. The Hall–Kier alpha value is -3.09. The van der Waals surface area contributed by atoms with Crippen molar-refractivity contribution in [3.8, 4) is 11.7 Å². The molecule has 0 spiro atoms. The van der Waals surface area contributed by atoms with E-state index in [0.29, 0.717) is 18.0 Å². The van der Waals surface area contributed by atoms with Crippen LogP contribution < -0.4 is 4.74 Å². The van der Waals surface area contributed by atoms with Crippen LogP contribution in [0.2, 0.25) is 0 Å². The number of aromatic nitrogens is 4. The second-order valence-corrected chi connectivity index (χ2v) is 9.07. The number of fused-ring (bicyclic) bond motifs is 1. The summed E-state index contributed by atoms with van der Waals surface area (Å²) < 4.78 is 78.4. The molecule has 8 nitrogen and oxygen atoms in total. The zero-order valence-corrected chi connectivity index (χ0v) is 19.5. The number of nitrogens with zero attached hydrogens (tertiary/aromatic N) is 5. The van der Waals surface area contributed by atoms with E-state index in [2.05, 4.69) is 38.7 Å². The van der Waals surface area contributed by atoms with Crippen LogP contribution in [0.5, 0.6) is 5.75 Å². The first-order chi connectivity index (χ1) is 16.4. The topological polar surface area (TPSA) is 86.3 Å². The Morgan fingerprint density at radius 3 is 2.40 bits per heavy atom. The van der Waals surface area contributed by atoms with E-state index in [1.165, 1.54) is 0 Å². The van der Waals surface area contributed by atoms with Gasteiger partial charge in [0, 0.05) is 18.0 Å². The first-order valence-electron chi connectivity index (χ1n) is 11.2. The second kappa shape index (κ2) is 9.17. The van der Waals surface area contributed by atoms with Gasteiger partial charge in [-0.05, 0) is 50.9 Å². The third-order valence-corrected chi connectivity index (χ3v) is 6.04. The number of alkyl halides is 3. The zero-order valence-electron chi connectivity index (χ0n) is 19.5. The first kappa shape index (κ1) is 25.0. The van der Waals surface area contributed by atoms with E-state index in [1.807, 2.05) is 0 Å². The lowest BCUT2D eigenvalue weighted by atomic mass is 9.96. The molecule has 0 saturated carbocycles. The number of halogens is 5. The van der Waals surface area contributed by atoms with E-state index in [4.69, 9.17) is 4.52 Å². The molecule has 0 bridgehead atoms. The second-order valence-electron chi connectivity index (χ2n) is 9.07. The van der Waals surface area contributed by atoms with Gasteiger partial charge < -0.3 is 14.2 Å². The van der Waals surface area contributed by atoms with E-state index >= 15 is 0 Å². The largest absolute Gasteiger partial charge is 0.491 e. The lowest BCUT2D eigenvalue weighted by molar-refractivity contribution is -0.189. The minimum Gasteiger partial charge on any atom is -0.419 e. The van der Waals surface area contributed by atoms with E-state index in [0.717, 1.165) is 30.6 Å². The lowest BCUT2D eigenvalue weighted by Gasteiger charge is -2.33. The van der Waals surface area contributed by atoms with Crippen LogP contribution >= 0.6 is 0 Å². The molecule has 2 aromatic heterocycles. The maximum absolute atomic E-state index is 15.0. The van der Waals surface area contributed by atoms with Crippen LogP contribution in [0.25, 0.3) is 16.9 Å². The Morgan fingerprint density at radius 1 is 1.17 bits per heavy atom. The van der Waals surface area contributed by atoms with Crippen LogP contribution in [-0.2, 0) is 4.79 Å². The molecule has 3 heterocycles. The SMILES string of the molecule is CC(C)c1nn(-c2noc(C3CCN(C(C)C)CC3)n2)c2c(F)c(F)cc(OC(=O)C(F)(F)F)c12. The normalized spacial score (nSPS) is 16.1. The van der Waals surface area contributed by atoms with Crippen molar-refractivity contribution in [2.45, 2.75) is 64.6 Å². The minimum absolute atomic E-state index is 0.0393. The van der Waals surface area contributed by atoms with Crippen molar-refractivity contribution in [3.05, 3.63) is 29.3 Å². The number of carbonyl (C=O) groups excluding carboxylic acids is 1. The average molecular weight is 501 g/mol. The predicted octanol–water partition coefficient (Wildman–Crippen LogP) is 4.87. The highest BCUT2D eigenvalue weighted by Gasteiger charge is 2.42. The maximum Gasteiger partial charge on any atom is 0.491 e. The van der Waals surface area contributed by atoms with Crippen LogP contribution in [0.15, 0.2) is 10.6 Å². The Kier molecular flexibility index (Phi) is 6.56. The molecule has 0 N–H and O–H groups in total. The molecule has 1 saturated heterocycles. The van der Waals surface area contributed by atoms with Gasteiger partial charge in [0.2, 0.25) is 5.89 Å². The maximum atomic E-state index is 15.0. The van der Waals surface area contributed by atoms with Crippen LogP contribution in [0.4, 0.5) is 22.0 Å². The van der Waals surface area contributed by atoms with Crippen molar-refractivity contribution >= 4 is 16.9 Å². The first-order valence-corrected chi connectivity index (χ1v) is 11.2. The number of likely N-dealkylation sites (tertiary alicyclic amines) is 1. The molecule has 1 aliphatic rings. The monoisotopic (exact) mass is 501 g/mol. The van der Waals surface area contributed by atoms with Gasteiger partial charge in [-0.1, -0.05) is 13.8 Å². The third-order valence-electron chi connectivity index (χ3n) is 6.04. The summed E-state index contributed by atoms with van der Waals surface area (Å²) in [5.74, 6) is -6.70. The smallest absolute Gasteiger partial charge is 0.419 e. The molecule has 0 amide bonds. The number of carbonyl (C=O) groups is 1. The van der Waals surface area contributed by atoms with Crippen molar-refractivity contribution in [3.63, 3.8) is 0 Å². The summed E-state index contributed by atoms with van der Waals surface area (Å²) in [6.07, 6.45) is -3.81. The van der Waals surface area contributed by atoms with E-state index in [-0.39, 0.29) is 22.9 Å². The van der Waals surface area contributed by atoms with Crippen LogP contribution in [0, 0.1) is 11.6 Å². The highest BCUT2D eigenvalue weighted by Crippen LogP contribution is 2.38. The van der Waals surface area contributed by atoms with E-state index in [9.17, 15) is 26.7 Å². The van der Waals surface area contributed by atoms with Gasteiger partial charge >= 0.3 is 12.1 Å². The molecule has 1 fully saturated rings. The number of piperidine rings is 1. The van der Waals surface area contributed by atoms with Crippen LogP contribution in [0.3, 0.4) is 0 Å². The molecule has 3 aromatic rings. The van der Waals surface area contributed by atoms with Gasteiger partial charge in [-0.3, -0.25) is 0 Å². The standard InChI is InChI=1S/C22H24F5N5O3/c1-10(2)17-15-14(34-20(33)22(25,26)27)9-13(23)16(24)18(15)32(29-17)21-28-19(35-30-21)12-5-7-31(8-6-12)11(3)4/h9-12H,5-8H2,1-4H3. The summed E-state index contributed by atoms with van der Waals surface area (Å²) in [7, 11) is 0. The molecule has 4 rings (SSSR count). The third kappa shape index (κ3) is 4.73. The summed E-state index contributed by atoms with van der Waals surface area (Å²) in [6, 6.07) is 0.793. The summed E-state index contributed by atoms with van der Waals surface area (Å²) in [4.78, 5) is 18.1. The van der Waals surface area contributed by atoms with Gasteiger partial charge in [-0.2, -0.15) is 27.9 Å². The molecule has 0 radical (unpaired) electrons. The Morgan fingerprint density at radius 2 is 1.83 bits per heavy atom. The molecule has 0 unspecified atom stereocenters. The van der Waals surface area contributed by atoms with Gasteiger partial charge in [-0.15, -0.1) is 0 Å². The van der Waals surface area contributed by atoms with Crippen LogP contribution in [0.1, 0.15) is 64.0 Å². The average Bonchev–Trinajstić information content (AvgIpc) is 3.42. The molecule has 1 aliphatic heterocycles. The highest BCUT2D eigenvalue weighted by atomic mass is 19.4. The van der Waals surface area contributed by atoms with Gasteiger partial charge in [-0.25, -0.2) is 13.6 Å². The molecule has 35 heavy (non-hydrogen) atoms. The molecule has 0 atom stereocenters. The molecule has 1 aromatic carbocycles. The Bertz CT molecular complexity index is 1240. The number of esters is 1. The van der Waals surface area contributed by atoms with Crippen molar-refractivity contribution < 1.29 is 36.0 Å². The summed E-state index contributed by atoms with van der Waals surface area (Å²) in [5.41, 5.74) is -0.485. The molecular weight excluding hydrogens is 477 g/mol. The quantitative estimate of drug-likeness (QED) is 0.280. The summed E-state index contributed by atoms with van der Waals surface area (Å²) in [5, 5.41) is 7.81. The minimum atomic E-state index is -5.33. The highest BCUT2D eigenvalue weighted by molar-refractivity contribution is 5.93. The number of hydrogen-bond donors (Lipinski definition) is 0. The Balaban J connectivity index is 1.78. The van der Waals surface area contributed by atoms with Crippen molar-refractivity contribution in [1.82, 2.24) is 24.8 Å². The number of ether oxygens (including phenoxy) is 1. The number of benzene rings is 1. The molecule has 13 heteroatoms. The van der Waals surface area contributed by atoms with Gasteiger partial charge in [0.1, 0.15) is 11.3 Å². The number of hydrogen-bond acceptors (Lipinski definition) is 7. The van der Waals surface area contributed by atoms with Crippen LogP contribution in [-0.4, -0.2) is 56.1 Å². The summed E-state index contributed by atoms with van der Waals surface area (Å²) in [6.45, 7) is 9.16. The lowest BCUT2D eigenvalue weighted by Crippen LogP contribution is -2.37. The van der Waals surface area contributed by atoms with Gasteiger partial charge in [0.15, 0.2) is 11.6 Å². The van der Waals surface area contributed by atoms with E-state index in [1.54, 1.807) is 13.8 Å². The van der Waals surface area contributed by atoms with Crippen molar-refractivity contribution in [1.29, 1.82) is 0 Å². The summed E-state index contributed by atoms with van der Waals surface area (Å²) >= 11 is 0. The fourth-order valence-electron chi connectivity index (χ4n) is 4.17.